The molecular weight excluding hydrogens is 78.0 g/mol. The molecule has 0 rings (SSSR count). The van der Waals surface area contributed by atoms with Crippen molar-refractivity contribution in [1.82, 2.24) is 0 Å². The second-order valence-electron chi connectivity index (χ2n) is 0. The van der Waals surface area contributed by atoms with Crippen LogP contribution in [0.5, 0.6) is 0 Å². The molecule has 4 heteroatoms. The predicted molar refractivity (Wildman–Crippen MR) is 7.48 cm³/mol. The maximum absolute atomic E-state index is 6.00. The zero-order valence-corrected chi connectivity index (χ0v) is 6.89. The van der Waals surface area contributed by atoms with Crippen molar-refractivity contribution in [1.29, 1.82) is 0 Å². The molecule has 0 amide bonds. The van der Waals surface area contributed by atoms with E-state index in [0.717, 1.165) is 0 Å². The molecule has 18 valence electrons. The van der Waals surface area contributed by atoms with Crippen molar-refractivity contribution in [3.63, 3.8) is 0 Å². The Morgan fingerprint density at radius 2 is 1.00 bits per heavy atom. The minimum Gasteiger partial charge on any atom is -1.00 e. The number of rotatable bonds is 0. The Bertz CT molecular complexity index is 9.51. The Balaban J connectivity index is -0.000000000833. The van der Waals surface area contributed by atoms with Gasteiger partial charge in [-0.3, -0.25) is 10.5 Å². The van der Waals surface area contributed by atoms with Gasteiger partial charge in [-0.05, 0) is 0 Å². The molecule has 2 N–H and O–H groups in total. The number of hydrogen-bond donors (Lipinski definition) is 2. The Morgan fingerprint density at radius 3 is 1.00 bits per heavy atom. The first-order valence-electron chi connectivity index (χ1n) is 0.200. The van der Waals surface area contributed by atoms with E-state index in [4.69, 9.17) is 10.5 Å². The fourth-order valence-corrected chi connectivity index (χ4v) is 0. The SMILES string of the molecule is OO.[H-].[H-].[Na+].[Na+]. The van der Waals surface area contributed by atoms with Crippen LogP contribution in [0.15, 0.2) is 0 Å². The molecule has 0 aromatic rings. The van der Waals surface area contributed by atoms with Crippen molar-refractivity contribution in [3.05, 3.63) is 0 Å². The Hall–Kier alpha value is 1.92. The predicted octanol–water partition coefficient (Wildman–Crippen LogP) is -5.75. The summed E-state index contributed by atoms with van der Waals surface area (Å²) in [6.45, 7) is 0. The molecule has 0 aromatic carbocycles. The van der Waals surface area contributed by atoms with E-state index in [2.05, 4.69) is 0 Å². The molecule has 0 unspecified atom stereocenters. The smallest absolute Gasteiger partial charge is 1.00 e. The van der Waals surface area contributed by atoms with Gasteiger partial charge in [0.05, 0.1) is 0 Å². The molecule has 0 heterocycles. The largest absolute Gasteiger partial charge is 1.00 e. The summed E-state index contributed by atoms with van der Waals surface area (Å²) in [5.41, 5.74) is 0. The fraction of sp³-hybridized carbons (Fsp3) is 0. The zero-order chi connectivity index (χ0) is 2.00. The van der Waals surface area contributed by atoms with Crippen LogP contribution in [0.4, 0.5) is 0 Å². The molecule has 0 radical (unpaired) electrons. The van der Waals surface area contributed by atoms with E-state index in [9.17, 15) is 0 Å². The van der Waals surface area contributed by atoms with Crippen molar-refractivity contribution in [2.75, 3.05) is 0 Å². The van der Waals surface area contributed by atoms with Gasteiger partial charge in [0.2, 0.25) is 0 Å². The van der Waals surface area contributed by atoms with Gasteiger partial charge in [0.1, 0.15) is 0 Å². The summed E-state index contributed by atoms with van der Waals surface area (Å²) in [7, 11) is 0. The Kier molecular flexibility index (Phi) is 86.2. The molecule has 2 nitrogen and oxygen atoms in total. The van der Waals surface area contributed by atoms with E-state index in [-0.39, 0.29) is 62.0 Å². The molecule has 0 atom stereocenters. The van der Waals surface area contributed by atoms with Crippen LogP contribution >= 0.6 is 0 Å². The summed E-state index contributed by atoms with van der Waals surface area (Å²) < 4.78 is 0. The molecule has 0 aliphatic heterocycles. The first kappa shape index (κ1) is 16.8. The second kappa shape index (κ2) is 20.5. The molecule has 0 aliphatic carbocycles. The van der Waals surface area contributed by atoms with E-state index in [1.165, 1.54) is 0 Å². The third kappa shape index (κ3) is 9.07. The third-order valence-corrected chi connectivity index (χ3v) is 0. The van der Waals surface area contributed by atoms with Gasteiger partial charge in [0, 0.05) is 0 Å². The van der Waals surface area contributed by atoms with Gasteiger partial charge >= 0.3 is 59.1 Å². The number of hydrogen-bond acceptors (Lipinski definition) is 2. The minimum atomic E-state index is 0. The summed E-state index contributed by atoms with van der Waals surface area (Å²) >= 11 is 0. The van der Waals surface area contributed by atoms with E-state index in [0.29, 0.717) is 0 Å². The molecule has 0 fully saturated rings. The molecular formula is H4Na2O2. The molecule has 0 aromatic heterocycles. The van der Waals surface area contributed by atoms with Crippen LogP contribution in [-0.2, 0) is 0 Å². The maximum Gasteiger partial charge on any atom is 1.00 e. The molecule has 0 bridgehead atoms. The molecule has 0 spiro atoms. The Labute approximate surface area is 71.7 Å². The quantitative estimate of drug-likeness (QED) is 0.174. The van der Waals surface area contributed by atoms with Crippen LogP contribution in [0.3, 0.4) is 0 Å². The standard InChI is InChI=1S/2Na.H2O2.2H/c;;1-2;;/h;;1-2H;;/q2*+1;;2*-1. The van der Waals surface area contributed by atoms with Crippen LogP contribution in [0.1, 0.15) is 2.85 Å². The van der Waals surface area contributed by atoms with E-state index in [1.54, 1.807) is 0 Å². The topological polar surface area (TPSA) is 40.5 Å². The normalized spacial score (nSPS) is 1.50. The van der Waals surface area contributed by atoms with E-state index < -0.39 is 0 Å². The fourth-order valence-electron chi connectivity index (χ4n) is 0. The van der Waals surface area contributed by atoms with Crippen LogP contribution in [0, 0.1) is 0 Å². The monoisotopic (exact) mass is 82.0 g/mol. The van der Waals surface area contributed by atoms with E-state index in [1.807, 2.05) is 0 Å². The molecule has 0 aliphatic rings. The first-order valence-corrected chi connectivity index (χ1v) is 0.200. The van der Waals surface area contributed by atoms with Crippen LogP contribution in [-0.4, -0.2) is 10.5 Å². The van der Waals surface area contributed by atoms with Gasteiger partial charge in [-0.2, -0.15) is 0 Å². The maximum atomic E-state index is 6.00. The summed E-state index contributed by atoms with van der Waals surface area (Å²) in [4.78, 5) is 0. The van der Waals surface area contributed by atoms with Crippen molar-refractivity contribution in [2.24, 2.45) is 0 Å². The Morgan fingerprint density at radius 1 is 1.00 bits per heavy atom. The van der Waals surface area contributed by atoms with E-state index >= 15 is 0 Å². The van der Waals surface area contributed by atoms with Crippen molar-refractivity contribution in [3.8, 4) is 0 Å². The van der Waals surface area contributed by atoms with Gasteiger partial charge in [0.15, 0.2) is 0 Å². The van der Waals surface area contributed by atoms with Gasteiger partial charge in [-0.1, -0.05) is 0 Å². The summed E-state index contributed by atoms with van der Waals surface area (Å²) in [5, 5.41) is 12.0. The average Bonchev–Trinajstić information content (AvgIpc) is 1.00. The van der Waals surface area contributed by atoms with Gasteiger partial charge < -0.3 is 2.85 Å². The minimum absolute atomic E-state index is 0. The summed E-state index contributed by atoms with van der Waals surface area (Å²) in [5.74, 6) is 0. The van der Waals surface area contributed by atoms with Crippen LogP contribution < -0.4 is 59.1 Å². The molecule has 0 saturated carbocycles. The van der Waals surface area contributed by atoms with Crippen molar-refractivity contribution >= 4 is 0 Å². The summed E-state index contributed by atoms with van der Waals surface area (Å²) in [6.07, 6.45) is 0. The second-order valence-corrected chi connectivity index (χ2v) is 0. The first-order chi connectivity index (χ1) is 1.00. The van der Waals surface area contributed by atoms with Crippen molar-refractivity contribution in [2.45, 2.75) is 0 Å². The zero-order valence-electron chi connectivity index (χ0n) is 4.89. The molecule has 0 saturated heterocycles. The van der Waals surface area contributed by atoms with Gasteiger partial charge in [-0.15, -0.1) is 0 Å². The van der Waals surface area contributed by atoms with Crippen LogP contribution in [0.2, 0.25) is 0 Å². The van der Waals surface area contributed by atoms with Crippen LogP contribution in [0.25, 0.3) is 0 Å². The average molecular weight is 82.0 g/mol. The van der Waals surface area contributed by atoms with Gasteiger partial charge in [-0.25, -0.2) is 0 Å². The van der Waals surface area contributed by atoms with Crippen molar-refractivity contribution < 1.29 is 72.5 Å². The summed E-state index contributed by atoms with van der Waals surface area (Å²) in [6, 6.07) is 0. The third-order valence-electron chi connectivity index (χ3n) is 0. The van der Waals surface area contributed by atoms with Gasteiger partial charge in [0.25, 0.3) is 0 Å². The molecule has 4 heavy (non-hydrogen) atoms.